The van der Waals surface area contributed by atoms with Crippen molar-refractivity contribution in [2.75, 3.05) is 6.61 Å². The second-order valence-corrected chi connectivity index (χ2v) is 2.80. The highest BCUT2D eigenvalue weighted by molar-refractivity contribution is 5.87. The third-order valence-electron chi connectivity index (χ3n) is 1.64. The van der Waals surface area contributed by atoms with Crippen LogP contribution < -0.4 is 0 Å². The molecule has 0 saturated heterocycles. The van der Waals surface area contributed by atoms with Gasteiger partial charge in [-0.15, -0.1) is 0 Å². The molecule has 4 heteroatoms. The molecule has 1 aromatic rings. The molecule has 0 radical (unpaired) electrons. The lowest BCUT2D eigenvalue weighted by Gasteiger charge is -2.00. The fraction of sp³-hybridized carbons (Fsp3) is 0.250. The van der Waals surface area contributed by atoms with Crippen LogP contribution in [0.1, 0.15) is 29.5 Å². The van der Waals surface area contributed by atoms with Gasteiger partial charge < -0.3 is 9.53 Å². The molecule has 0 aromatic carbocycles. The highest BCUT2D eigenvalue weighted by Gasteiger charge is 2.07. The number of esters is 1. The first-order valence-corrected chi connectivity index (χ1v) is 4.84. The second-order valence-electron chi connectivity index (χ2n) is 2.80. The molecule has 0 aliphatic carbocycles. The fourth-order valence-electron chi connectivity index (χ4n) is 1.01. The number of aromatic nitrogens is 1. The molecule has 0 aliphatic heterocycles. The van der Waals surface area contributed by atoms with Gasteiger partial charge in [-0.25, -0.2) is 9.78 Å². The quantitative estimate of drug-likeness (QED) is 0.433. The molecule has 1 heterocycles. The molecule has 16 heavy (non-hydrogen) atoms. The molecule has 0 unspecified atom stereocenters. The summed E-state index contributed by atoms with van der Waals surface area (Å²) in [6.45, 7) is 2.03. The molecule has 82 valence electrons. The molecule has 0 amide bonds. The molecule has 0 bridgehead atoms. The Bertz CT molecular complexity index is 443. The van der Waals surface area contributed by atoms with Crippen LogP contribution in [0.3, 0.4) is 0 Å². The summed E-state index contributed by atoms with van der Waals surface area (Å²) in [5.74, 6) is 4.83. The van der Waals surface area contributed by atoms with Crippen molar-refractivity contribution in [2.45, 2.75) is 13.3 Å². The van der Waals surface area contributed by atoms with Crippen molar-refractivity contribution in [3.63, 3.8) is 0 Å². The Morgan fingerprint density at radius 1 is 1.56 bits per heavy atom. The Morgan fingerprint density at radius 3 is 3.06 bits per heavy atom. The van der Waals surface area contributed by atoms with E-state index in [2.05, 4.69) is 16.8 Å². The predicted molar refractivity (Wildman–Crippen MR) is 57.8 cm³/mol. The topological polar surface area (TPSA) is 56.3 Å². The molecule has 0 saturated carbocycles. The number of hydrogen-bond donors (Lipinski definition) is 0. The van der Waals surface area contributed by atoms with Crippen molar-refractivity contribution in [1.82, 2.24) is 4.98 Å². The molecule has 0 fully saturated rings. The van der Waals surface area contributed by atoms with E-state index < -0.39 is 5.97 Å². The highest BCUT2D eigenvalue weighted by Crippen LogP contribution is 2.00. The van der Waals surface area contributed by atoms with E-state index in [0.717, 1.165) is 0 Å². The van der Waals surface area contributed by atoms with Crippen molar-refractivity contribution in [3.8, 4) is 11.8 Å². The maximum absolute atomic E-state index is 11.3. The summed E-state index contributed by atoms with van der Waals surface area (Å²) in [7, 11) is 0. The van der Waals surface area contributed by atoms with Gasteiger partial charge in [-0.05, 0) is 25.0 Å². The average molecular weight is 217 g/mol. The van der Waals surface area contributed by atoms with Gasteiger partial charge in [-0.2, -0.15) is 0 Å². The lowest BCUT2D eigenvalue weighted by atomic mass is 10.3. The largest absolute Gasteiger partial charge is 0.461 e. The summed E-state index contributed by atoms with van der Waals surface area (Å²) < 4.78 is 4.80. The highest BCUT2D eigenvalue weighted by atomic mass is 16.5. The van der Waals surface area contributed by atoms with Gasteiger partial charge in [0.05, 0.1) is 13.0 Å². The van der Waals surface area contributed by atoms with Crippen LogP contribution in [0.25, 0.3) is 0 Å². The molecular formula is C12H11NO3. The maximum atomic E-state index is 11.3. The number of nitrogens with zero attached hydrogens (tertiary/aromatic N) is 1. The van der Waals surface area contributed by atoms with E-state index in [1.165, 1.54) is 0 Å². The Labute approximate surface area is 93.6 Å². The Balaban J connectivity index is 2.83. The van der Waals surface area contributed by atoms with Gasteiger partial charge in [0, 0.05) is 0 Å². The van der Waals surface area contributed by atoms with Crippen molar-refractivity contribution >= 4 is 12.3 Å². The van der Waals surface area contributed by atoms with E-state index in [-0.39, 0.29) is 12.1 Å². The van der Waals surface area contributed by atoms with Gasteiger partial charge >= 0.3 is 5.97 Å². The van der Waals surface area contributed by atoms with Crippen molar-refractivity contribution in [3.05, 3.63) is 29.6 Å². The molecule has 0 N–H and O–H groups in total. The third kappa shape index (κ3) is 3.54. The van der Waals surface area contributed by atoms with Crippen LogP contribution in [0.5, 0.6) is 0 Å². The molecule has 1 aromatic heterocycles. The molecule has 4 nitrogen and oxygen atoms in total. The Kier molecular flexibility index (Phi) is 4.74. The lowest BCUT2D eigenvalue weighted by molar-refractivity contribution is -0.107. The summed E-state index contributed by atoms with van der Waals surface area (Å²) in [5.41, 5.74) is 0.673. The zero-order valence-corrected chi connectivity index (χ0v) is 8.90. The van der Waals surface area contributed by atoms with Crippen LogP contribution >= 0.6 is 0 Å². The SMILES string of the molecule is CCOC(=O)c1cccc(C#CCC=O)n1. The first kappa shape index (κ1) is 11.9. The van der Waals surface area contributed by atoms with Gasteiger partial charge in [0.15, 0.2) is 0 Å². The van der Waals surface area contributed by atoms with Crippen molar-refractivity contribution in [1.29, 1.82) is 0 Å². The predicted octanol–water partition coefficient (Wildman–Crippen LogP) is 1.20. The standard InChI is InChI=1S/C12H11NO3/c1-2-16-12(15)11-8-5-7-10(13-11)6-3-4-9-14/h5,7-9H,2,4H2,1H3. The number of aldehydes is 1. The molecule has 0 atom stereocenters. The van der Waals surface area contributed by atoms with Gasteiger partial charge in [0.25, 0.3) is 0 Å². The van der Waals surface area contributed by atoms with Gasteiger partial charge in [0.1, 0.15) is 17.7 Å². The molecular weight excluding hydrogens is 206 g/mol. The summed E-state index contributed by atoms with van der Waals surface area (Å²) >= 11 is 0. The number of pyridine rings is 1. The van der Waals surface area contributed by atoms with E-state index in [1.54, 1.807) is 25.1 Å². The van der Waals surface area contributed by atoms with Gasteiger partial charge in [-0.3, -0.25) is 0 Å². The minimum absolute atomic E-state index is 0.158. The van der Waals surface area contributed by atoms with Crippen LogP contribution in [-0.4, -0.2) is 23.8 Å². The minimum Gasteiger partial charge on any atom is -0.461 e. The lowest BCUT2D eigenvalue weighted by Crippen LogP contribution is -2.07. The molecule has 0 aliphatic rings. The maximum Gasteiger partial charge on any atom is 0.356 e. The third-order valence-corrected chi connectivity index (χ3v) is 1.64. The first-order valence-electron chi connectivity index (χ1n) is 4.84. The number of carbonyl (C=O) groups excluding carboxylic acids is 2. The molecule has 1 rings (SSSR count). The number of carbonyl (C=O) groups is 2. The Morgan fingerprint density at radius 2 is 2.38 bits per heavy atom. The van der Waals surface area contributed by atoms with E-state index in [1.807, 2.05) is 0 Å². The average Bonchev–Trinajstić information content (AvgIpc) is 2.30. The summed E-state index contributed by atoms with van der Waals surface area (Å²) in [6, 6.07) is 4.90. The van der Waals surface area contributed by atoms with Crippen molar-refractivity contribution in [2.24, 2.45) is 0 Å². The zero-order chi connectivity index (χ0) is 11.8. The summed E-state index contributed by atoms with van der Waals surface area (Å²) in [5, 5.41) is 0. The van der Waals surface area contributed by atoms with E-state index in [0.29, 0.717) is 18.6 Å². The number of ether oxygens (including phenoxy) is 1. The van der Waals surface area contributed by atoms with E-state index in [9.17, 15) is 9.59 Å². The minimum atomic E-state index is -0.471. The van der Waals surface area contributed by atoms with Crippen LogP contribution in [0.4, 0.5) is 0 Å². The fourth-order valence-corrected chi connectivity index (χ4v) is 1.01. The van der Waals surface area contributed by atoms with Gasteiger partial charge in [-0.1, -0.05) is 12.0 Å². The zero-order valence-electron chi connectivity index (χ0n) is 8.90. The normalized spacial score (nSPS) is 8.81. The van der Waals surface area contributed by atoms with Crippen molar-refractivity contribution < 1.29 is 14.3 Å². The first-order chi connectivity index (χ1) is 7.77. The summed E-state index contributed by atoms with van der Waals surface area (Å²) in [4.78, 5) is 25.4. The van der Waals surface area contributed by atoms with Crippen LogP contribution in [-0.2, 0) is 9.53 Å². The number of rotatable bonds is 3. The van der Waals surface area contributed by atoms with E-state index >= 15 is 0 Å². The van der Waals surface area contributed by atoms with E-state index in [4.69, 9.17) is 4.74 Å². The summed E-state index contributed by atoms with van der Waals surface area (Å²) in [6.07, 6.45) is 0.869. The monoisotopic (exact) mass is 217 g/mol. The second kappa shape index (κ2) is 6.36. The smallest absolute Gasteiger partial charge is 0.356 e. The Hall–Kier alpha value is -2.15. The van der Waals surface area contributed by atoms with Crippen LogP contribution in [0.2, 0.25) is 0 Å². The molecule has 0 spiro atoms. The van der Waals surface area contributed by atoms with Crippen LogP contribution in [0, 0.1) is 11.8 Å². The number of hydrogen-bond acceptors (Lipinski definition) is 4. The van der Waals surface area contributed by atoms with Crippen LogP contribution in [0.15, 0.2) is 18.2 Å². The van der Waals surface area contributed by atoms with Gasteiger partial charge in [0.2, 0.25) is 0 Å².